The normalized spacial score (nSPS) is 13.2. The van der Waals surface area contributed by atoms with Gasteiger partial charge in [-0.15, -0.1) is 11.8 Å². The summed E-state index contributed by atoms with van der Waals surface area (Å²) in [6.07, 6.45) is 1.75. The van der Waals surface area contributed by atoms with Crippen LogP contribution in [-0.2, 0) is 0 Å². The lowest BCUT2D eigenvalue weighted by Crippen LogP contribution is -2.28. The van der Waals surface area contributed by atoms with Gasteiger partial charge in [0.05, 0.1) is 5.02 Å². The molecule has 0 aromatic carbocycles. The number of hydrogen-bond acceptors (Lipinski definition) is 3. The summed E-state index contributed by atoms with van der Waals surface area (Å²) in [5, 5.41) is 1.57. The van der Waals surface area contributed by atoms with Crippen molar-refractivity contribution in [2.45, 2.75) is 24.9 Å². The van der Waals surface area contributed by atoms with Gasteiger partial charge in [0.15, 0.2) is 0 Å². The van der Waals surface area contributed by atoms with Gasteiger partial charge in [-0.3, -0.25) is 0 Å². The molecule has 1 rings (SSSR count). The van der Waals surface area contributed by atoms with Crippen molar-refractivity contribution in [3.05, 3.63) is 23.4 Å². The van der Waals surface area contributed by atoms with Crippen molar-refractivity contribution in [3.8, 4) is 0 Å². The second-order valence-corrected chi connectivity index (χ2v) is 4.93. The highest BCUT2D eigenvalue weighted by atomic mass is 35.5. The lowest BCUT2D eigenvalue weighted by atomic mass is 10.1. The molecule has 14 heavy (non-hydrogen) atoms. The van der Waals surface area contributed by atoms with Gasteiger partial charge in [-0.25, -0.2) is 4.98 Å². The van der Waals surface area contributed by atoms with E-state index in [1.165, 1.54) is 0 Å². The number of thioether (sulfide) groups is 1. The Kier molecular flexibility index (Phi) is 4.72. The Morgan fingerprint density at radius 1 is 1.57 bits per heavy atom. The summed E-state index contributed by atoms with van der Waals surface area (Å²) in [5.74, 6) is 1.35. The molecule has 0 bridgehead atoms. The molecule has 78 valence electrons. The number of aromatic nitrogens is 1. The molecule has 0 radical (unpaired) electrons. The molecule has 1 atom stereocenters. The number of nitrogens with two attached hydrogens (primary N) is 1. The molecule has 1 heterocycles. The van der Waals surface area contributed by atoms with E-state index in [9.17, 15) is 0 Å². The molecule has 2 nitrogen and oxygen atoms in total. The smallest absolute Gasteiger partial charge is 0.115 e. The summed E-state index contributed by atoms with van der Waals surface area (Å²) >= 11 is 7.58. The summed E-state index contributed by atoms with van der Waals surface area (Å²) < 4.78 is 0. The summed E-state index contributed by atoms with van der Waals surface area (Å²) in [4.78, 5) is 4.19. The van der Waals surface area contributed by atoms with E-state index in [2.05, 4.69) is 18.8 Å². The van der Waals surface area contributed by atoms with E-state index in [1.807, 2.05) is 12.1 Å². The maximum Gasteiger partial charge on any atom is 0.115 e. The maximum absolute atomic E-state index is 5.96. The Hall–Kier alpha value is -0.250. The molecule has 0 aliphatic carbocycles. The molecule has 0 amide bonds. The van der Waals surface area contributed by atoms with E-state index >= 15 is 0 Å². The number of halogens is 1. The summed E-state index contributed by atoms with van der Waals surface area (Å²) in [7, 11) is 0. The second kappa shape index (κ2) is 5.59. The molecular formula is C10H15ClN2S. The molecule has 1 aromatic heterocycles. The van der Waals surface area contributed by atoms with Gasteiger partial charge in [0, 0.05) is 18.0 Å². The van der Waals surface area contributed by atoms with Crippen LogP contribution in [0.3, 0.4) is 0 Å². The lowest BCUT2D eigenvalue weighted by Gasteiger charge is -2.14. The molecule has 0 spiro atoms. The highest BCUT2D eigenvalue weighted by Gasteiger charge is 2.09. The van der Waals surface area contributed by atoms with Gasteiger partial charge in [0.25, 0.3) is 0 Å². The predicted octanol–water partition coefficient (Wildman–Crippen LogP) is 2.81. The molecule has 1 aromatic rings. The van der Waals surface area contributed by atoms with E-state index in [0.29, 0.717) is 10.9 Å². The third-order valence-electron chi connectivity index (χ3n) is 1.99. The van der Waals surface area contributed by atoms with Gasteiger partial charge >= 0.3 is 0 Å². The van der Waals surface area contributed by atoms with Crippen LogP contribution in [0.2, 0.25) is 5.02 Å². The zero-order valence-electron chi connectivity index (χ0n) is 8.40. The first kappa shape index (κ1) is 11.8. The molecule has 0 aliphatic heterocycles. The first-order valence-electron chi connectivity index (χ1n) is 4.60. The molecule has 4 heteroatoms. The van der Waals surface area contributed by atoms with Gasteiger partial charge in [-0.1, -0.05) is 25.4 Å². The number of nitrogens with zero attached hydrogens (tertiary/aromatic N) is 1. The van der Waals surface area contributed by atoms with Crippen molar-refractivity contribution in [1.82, 2.24) is 4.98 Å². The zero-order valence-corrected chi connectivity index (χ0v) is 9.98. The lowest BCUT2D eigenvalue weighted by molar-refractivity contribution is 0.535. The fourth-order valence-electron chi connectivity index (χ4n) is 0.845. The number of hydrogen-bond donors (Lipinski definition) is 1. The minimum atomic E-state index is 0.193. The summed E-state index contributed by atoms with van der Waals surface area (Å²) in [5.41, 5.74) is 5.92. The Bertz CT molecular complexity index is 291. The van der Waals surface area contributed by atoms with E-state index in [0.717, 1.165) is 10.8 Å². The fraction of sp³-hybridized carbons (Fsp3) is 0.500. The third kappa shape index (κ3) is 3.48. The van der Waals surface area contributed by atoms with Crippen LogP contribution in [-0.4, -0.2) is 16.8 Å². The van der Waals surface area contributed by atoms with Gasteiger partial charge in [-0.2, -0.15) is 0 Å². The molecule has 2 N–H and O–H groups in total. The Labute approximate surface area is 94.2 Å². The predicted molar refractivity (Wildman–Crippen MR) is 62.8 cm³/mol. The van der Waals surface area contributed by atoms with E-state index in [1.54, 1.807) is 18.0 Å². The molecule has 1 unspecified atom stereocenters. The molecule has 0 aliphatic rings. The van der Waals surface area contributed by atoms with Crippen molar-refractivity contribution in [2.24, 2.45) is 11.7 Å². The monoisotopic (exact) mass is 230 g/mol. The van der Waals surface area contributed by atoms with E-state index < -0.39 is 0 Å². The van der Waals surface area contributed by atoms with Crippen molar-refractivity contribution >= 4 is 23.4 Å². The Balaban J connectivity index is 2.50. The van der Waals surface area contributed by atoms with Crippen LogP contribution in [0, 0.1) is 5.92 Å². The molecule has 0 saturated heterocycles. The van der Waals surface area contributed by atoms with Crippen molar-refractivity contribution < 1.29 is 0 Å². The summed E-state index contributed by atoms with van der Waals surface area (Å²) in [6, 6.07) is 3.87. The van der Waals surface area contributed by atoms with Gasteiger partial charge in [0.1, 0.15) is 5.03 Å². The average Bonchev–Trinajstić information content (AvgIpc) is 2.16. The third-order valence-corrected chi connectivity index (χ3v) is 3.56. The second-order valence-electron chi connectivity index (χ2n) is 3.51. The van der Waals surface area contributed by atoms with Crippen LogP contribution in [0.4, 0.5) is 0 Å². The van der Waals surface area contributed by atoms with Crippen LogP contribution in [0.5, 0.6) is 0 Å². The molecule has 0 saturated carbocycles. The number of pyridine rings is 1. The average molecular weight is 231 g/mol. The molecule has 0 fully saturated rings. The van der Waals surface area contributed by atoms with Crippen LogP contribution >= 0.6 is 23.4 Å². The summed E-state index contributed by atoms with van der Waals surface area (Å²) in [6.45, 7) is 4.23. The van der Waals surface area contributed by atoms with Crippen LogP contribution in [0.1, 0.15) is 13.8 Å². The maximum atomic E-state index is 5.96. The van der Waals surface area contributed by atoms with Crippen LogP contribution in [0.15, 0.2) is 23.4 Å². The quantitative estimate of drug-likeness (QED) is 0.809. The zero-order chi connectivity index (χ0) is 10.6. The van der Waals surface area contributed by atoms with E-state index in [4.69, 9.17) is 17.3 Å². The minimum Gasteiger partial charge on any atom is -0.327 e. The molecular weight excluding hydrogens is 216 g/mol. The highest BCUT2D eigenvalue weighted by molar-refractivity contribution is 7.99. The SMILES string of the molecule is CC(C)C(N)CSc1ncccc1Cl. The standard InChI is InChI=1S/C10H15ClN2S/c1-7(2)9(12)6-14-10-8(11)4-3-5-13-10/h3-5,7,9H,6,12H2,1-2H3. The number of rotatable bonds is 4. The van der Waals surface area contributed by atoms with Gasteiger partial charge in [-0.05, 0) is 18.1 Å². The van der Waals surface area contributed by atoms with Crippen LogP contribution in [0.25, 0.3) is 0 Å². The first-order chi connectivity index (χ1) is 6.61. The topological polar surface area (TPSA) is 38.9 Å². The Morgan fingerprint density at radius 2 is 2.29 bits per heavy atom. The Morgan fingerprint density at radius 3 is 2.86 bits per heavy atom. The highest BCUT2D eigenvalue weighted by Crippen LogP contribution is 2.25. The van der Waals surface area contributed by atoms with Crippen molar-refractivity contribution in [2.75, 3.05) is 5.75 Å². The van der Waals surface area contributed by atoms with Crippen molar-refractivity contribution in [1.29, 1.82) is 0 Å². The van der Waals surface area contributed by atoms with E-state index in [-0.39, 0.29) is 6.04 Å². The first-order valence-corrected chi connectivity index (χ1v) is 5.96. The van der Waals surface area contributed by atoms with Crippen molar-refractivity contribution in [3.63, 3.8) is 0 Å². The minimum absolute atomic E-state index is 0.193. The van der Waals surface area contributed by atoms with Crippen LogP contribution < -0.4 is 5.73 Å². The largest absolute Gasteiger partial charge is 0.327 e. The van der Waals surface area contributed by atoms with Gasteiger partial charge < -0.3 is 5.73 Å². The fourth-order valence-corrected chi connectivity index (χ4v) is 2.21. The van der Waals surface area contributed by atoms with Gasteiger partial charge in [0.2, 0.25) is 0 Å².